The van der Waals surface area contributed by atoms with Gasteiger partial charge in [0.2, 0.25) is 0 Å². The molecule has 0 atom stereocenters. The van der Waals surface area contributed by atoms with Gasteiger partial charge in [0.25, 0.3) is 0 Å². The number of para-hydroxylation sites is 1. The molecule has 0 saturated heterocycles. The van der Waals surface area contributed by atoms with E-state index in [2.05, 4.69) is 6.92 Å². The minimum absolute atomic E-state index is 0.324. The zero-order chi connectivity index (χ0) is 16.8. The molecule has 0 radical (unpaired) electrons. The first kappa shape index (κ1) is 20.4. The molecule has 0 spiro atoms. The summed E-state index contributed by atoms with van der Waals surface area (Å²) < 4.78 is 10.2. The SMILES string of the molecule is CCCCCCCCCCCCO[P+](O)(O)Oc1ccccc1. The first-order valence-corrected chi connectivity index (χ1v) is 10.4. The molecule has 0 heterocycles. The Bertz CT molecular complexity index is 384. The molecule has 132 valence electrons. The van der Waals surface area contributed by atoms with Crippen molar-refractivity contribution in [3.05, 3.63) is 30.3 Å². The lowest BCUT2D eigenvalue weighted by molar-refractivity contribution is 0.164. The molecule has 0 saturated carbocycles. The topological polar surface area (TPSA) is 58.9 Å². The summed E-state index contributed by atoms with van der Waals surface area (Å²) in [6.07, 6.45) is 12.3. The molecule has 1 rings (SSSR count). The van der Waals surface area contributed by atoms with Crippen LogP contribution in [0.15, 0.2) is 30.3 Å². The average molecular weight is 343 g/mol. The molecule has 4 nitrogen and oxygen atoms in total. The van der Waals surface area contributed by atoms with E-state index < -0.39 is 8.17 Å². The van der Waals surface area contributed by atoms with Gasteiger partial charge in [0.05, 0.1) is 0 Å². The number of hydrogen-bond donors (Lipinski definition) is 2. The monoisotopic (exact) mass is 343 g/mol. The maximum Gasteiger partial charge on any atom is 0.616 e. The molecule has 0 aromatic heterocycles. The number of benzene rings is 1. The zero-order valence-corrected chi connectivity index (χ0v) is 15.2. The fourth-order valence-electron chi connectivity index (χ4n) is 2.42. The zero-order valence-electron chi connectivity index (χ0n) is 14.3. The van der Waals surface area contributed by atoms with Crippen molar-refractivity contribution in [2.75, 3.05) is 6.61 Å². The Balaban J connectivity index is 1.95. The van der Waals surface area contributed by atoms with Gasteiger partial charge in [-0.3, -0.25) is 4.52 Å². The standard InChI is InChI=1S/C18H32O4P/c1-2-3-4-5-6-7-8-9-10-14-17-21-23(19,20)22-18-15-12-11-13-16-18/h11-13,15-16,19-20H,2-10,14,17H2,1H3/q+1. The molecule has 0 amide bonds. The maximum absolute atomic E-state index is 9.73. The van der Waals surface area contributed by atoms with Crippen molar-refractivity contribution >= 4 is 8.17 Å². The van der Waals surface area contributed by atoms with Crippen LogP contribution in [0.25, 0.3) is 0 Å². The normalized spacial score (nSPS) is 11.6. The van der Waals surface area contributed by atoms with Crippen LogP contribution >= 0.6 is 8.17 Å². The quantitative estimate of drug-likeness (QED) is 0.338. The van der Waals surface area contributed by atoms with Gasteiger partial charge in [-0.05, 0) is 18.6 Å². The van der Waals surface area contributed by atoms with E-state index in [1.54, 1.807) is 24.3 Å². The molecule has 0 bridgehead atoms. The highest BCUT2D eigenvalue weighted by Crippen LogP contribution is 2.52. The van der Waals surface area contributed by atoms with Gasteiger partial charge in [0, 0.05) is 0 Å². The van der Waals surface area contributed by atoms with Crippen molar-refractivity contribution in [1.29, 1.82) is 0 Å². The molecular weight excluding hydrogens is 311 g/mol. The molecule has 5 heteroatoms. The molecule has 0 aliphatic rings. The summed E-state index contributed by atoms with van der Waals surface area (Å²) in [7, 11) is -3.74. The van der Waals surface area contributed by atoms with Crippen LogP contribution in [-0.2, 0) is 4.52 Å². The van der Waals surface area contributed by atoms with E-state index in [9.17, 15) is 9.79 Å². The van der Waals surface area contributed by atoms with Crippen LogP contribution < -0.4 is 4.52 Å². The molecular formula is C18H32O4P+. The van der Waals surface area contributed by atoms with Crippen LogP contribution in [0.4, 0.5) is 0 Å². The molecule has 1 aromatic rings. The van der Waals surface area contributed by atoms with Gasteiger partial charge in [-0.1, -0.05) is 82.9 Å². The lowest BCUT2D eigenvalue weighted by Gasteiger charge is -2.10. The summed E-state index contributed by atoms with van der Waals surface area (Å²) in [4.78, 5) is 19.5. The smallest absolute Gasteiger partial charge is 0.261 e. The van der Waals surface area contributed by atoms with E-state index >= 15 is 0 Å². The van der Waals surface area contributed by atoms with Crippen molar-refractivity contribution in [3.63, 3.8) is 0 Å². The average Bonchev–Trinajstić information content (AvgIpc) is 2.53. The highest BCUT2D eigenvalue weighted by molar-refractivity contribution is 7.54. The second-order valence-electron chi connectivity index (χ2n) is 5.91. The number of hydrogen-bond acceptors (Lipinski definition) is 4. The van der Waals surface area contributed by atoms with Gasteiger partial charge in [0.15, 0.2) is 5.75 Å². The lowest BCUT2D eigenvalue weighted by atomic mass is 10.1. The molecule has 2 N–H and O–H groups in total. The fraction of sp³-hybridized carbons (Fsp3) is 0.667. The Morgan fingerprint density at radius 3 is 1.87 bits per heavy atom. The van der Waals surface area contributed by atoms with Gasteiger partial charge in [-0.25, -0.2) is 0 Å². The van der Waals surface area contributed by atoms with Gasteiger partial charge >= 0.3 is 8.17 Å². The van der Waals surface area contributed by atoms with Crippen LogP contribution in [0.5, 0.6) is 5.75 Å². The molecule has 0 aliphatic heterocycles. The highest BCUT2D eigenvalue weighted by Gasteiger charge is 2.40. The third kappa shape index (κ3) is 11.5. The first-order chi connectivity index (χ1) is 11.1. The van der Waals surface area contributed by atoms with Gasteiger partial charge in [0.1, 0.15) is 6.61 Å². The van der Waals surface area contributed by atoms with Crippen LogP contribution in [0, 0.1) is 0 Å². The van der Waals surface area contributed by atoms with Gasteiger partial charge < -0.3 is 0 Å². The summed E-state index contributed by atoms with van der Waals surface area (Å²) >= 11 is 0. The highest BCUT2D eigenvalue weighted by atomic mass is 31.2. The van der Waals surface area contributed by atoms with Crippen LogP contribution in [0.1, 0.15) is 71.1 Å². The predicted octanol–water partition coefficient (Wildman–Crippen LogP) is 5.67. The van der Waals surface area contributed by atoms with Crippen molar-refractivity contribution < 1.29 is 18.8 Å². The summed E-state index contributed by atoms with van der Waals surface area (Å²) in [5.41, 5.74) is 0. The first-order valence-electron chi connectivity index (χ1n) is 8.88. The van der Waals surface area contributed by atoms with E-state index in [4.69, 9.17) is 9.05 Å². The Morgan fingerprint density at radius 1 is 0.783 bits per heavy atom. The summed E-state index contributed by atoms with van der Waals surface area (Å²) in [6.45, 7) is 2.56. The second kappa shape index (κ2) is 12.7. The van der Waals surface area contributed by atoms with Crippen LogP contribution in [-0.4, -0.2) is 16.4 Å². The minimum atomic E-state index is -3.74. The van der Waals surface area contributed by atoms with Crippen molar-refractivity contribution in [1.82, 2.24) is 0 Å². The third-order valence-electron chi connectivity index (χ3n) is 3.72. The maximum atomic E-state index is 9.73. The molecule has 23 heavy (non-hydrogen) atoms. The van der Waals surface area contributed by atoms with E-state index in [-0.39, 0.29) is 0 Å². The Labute approximate surface area is 141 Å². The number of rotatable bonds is 14. The Hall–Kier alpha value is -0.670. The van der Waals surface area contributed by atoms with E-state index in [0.29, 0.717) is 12.4 Å². The van der Waals surface area contributed by atoms with Crippen molar-refractivity contribution in [2.45, 2.75) is 71.1 Å². The fourth-order valence-corrected chi connectivity index (χ4v) is 3.23. The van der Waals surface area contributed by atoms with E-state index in [1.807, 2.05) is 6.07 Å². The van der Waals surface area contributed by atoms with Gasteiger partial charge in [-0.15, -0.1) is 4.52 Å². The van der Waals surface area contributed by atoms with Crippen LogP contribution in [0.2, 0.25) is 0 Å². The second-order valence-corrected chi connectivity index (χ2v) is 7.33. The summed E-state index contributed by atoms with van der Waals surface area (Å²) in [6, 6.07) is 8.73. The van der Waals surface area contributed by atoms with Crippen molar-refractivity contribution in [3.8, 4) is 5.75 Å². The molecule has 0 aliphatic carbocycles. The summed E-state index contributed by atoms with van der Waals surface area (Å²) in [5, 5.41) is 0. The Kier molecular flexibility index (Phi) is 11.3. The lowest BCUT2D eigenvalue weighted by Crippen LogP contribution is -2.05. The van der Waals surface area contributed by atoms with Crippen LogP contribution in [0.3, 0.4) is 0 Å². The Morgan fingerprint density at radius 2 is 1.30 bits per heavy atom. The molecule has 0 fully saturated rings. The third-order valence-corrected chi connectivity index (χ3v) is 4.69. The minimum Gasteiger partial charge on any atom is -0.261 e. The molecule has 0 unspecified atom stereocenters. The predicted molar refractivity (Wildman–Crippen MR) is 96.2 cm³/mol. The van der Waals surface area contributed by atoms with Gasteiger partial charge in [-0.2, -0.15) is 9.79 Å². The van der Waals surface area contributed by atoms with E-state index in [0.717, 1.165) is 12.8 Å². The number of unbranched alkanes of at least 4 members (excludes halogenated alkanes) is 9. The molecule has 1 aromatic carbocycles. The summed E-state index contributed by atoms with van der Waals surface area (Å²) in [5.74, 6) is 0.411. The van der Waals surface area contributed by atoms with Crippen molar-refractivity contribution in [2.24, 2.45) is 0 Å². The van der Waals surface area contributed by atoms with E-state index in [1.165, 1.54) is 51.4 Å². The largest absolute Gasteiger partial charge is 0.616 e.